The van der Waals surface area contributed by atoms with E-state index in [0.29, 0.717) is 5.75 Å². The van der Waals surface area contributed by atoms with E-state index in [2.05, 4.69) is 10.3 Å². The number of nitrogens with one attached hydrogen (secondary N) is 1. The van der Waals surface area contributed by atoms with Crippen LogP contribution in [0.5, 0.6) is 5.75 Å². The number of ether oxygens (including phenoxy) is 1. The maximum atomic E-state index is 11.7. The molecule has 0 fully saturated rings. The van der Waals surface area contributed by atoms with Crippen molar-refractivity contribution in [1.29, 1.82) is 0 Å². The Balaban J connectivity index is 2.10. The topological polar surface area (TPSA) is 51.2 Å². The molecule has 0 bridgehead atoms. The standard InChI is InChI=1S/C16H20N2O2/c1-4-11(2)17-15(19)10-20-14-7-5-6-13-9-8-12(3)18-16(13)14/h5-9,11H,4,10H2,1-3H3,(H,17,19)/t11-/m0/s1. The second-order valence-electron chi connectivity index (χ2n) is 4.95. The normalized spacial score (nSPS) is 12.2. The summed E-state index contributed by atoms with van der Waals surface area (Å²) in [5.74, 6) is 0.537. The van der Waals surface area contributed by atoms with E-state index in [1.54, 1.807) is 0 Å². The summed E-state index contributed by atoms with van der Waals surface area (Å²) in [6.45, 7) is 5.95. The van der Waals surface area contributed by atoms with E-state index >= 15 is 0 Å². The van der Waals surface area contributed by atoms with Gasteiger partial charge in [0.1, 0.15) is 11.3 Å². The molecule has 4 nitrogen and oxygen atoms in total. The molecule has 2 aromatic rings. The molecule has 0 aliphatic heterocycles. The molecule has 0 aliphatic rings. The number of carbonyl (C=O) groups excluding carboxylic acids is 1. The molecule has 2 rings (SSSR count). The number of pyridine rings is 1. The van der Waals surface area contributed by atoms with Crippen molar-refractivity contribution in [2.45, 2.75) is 33.2 Å². The number of fused-ring (bicyclic) bond motifs is 1. The van der Waals surface area contributed by atoms with Crippen molar-refractivity contribution >= 4 is 16.8 Å². The highest BCUT2D eigenvalue weighted by Gasteiger charge is 2.08. The van der Waals surface area contributed by atoms with Crippen molar-refractivity contribution in [1.82, 2.24) is 10.3 Å². The third kappa shape index (κ3) is 3.47. The largest absolute Gasteiger partial charge is 0.481 e. The molecule has 1 N–H and O–H groups in total. The summed E-state index contributed by atoms with van der Waals surface area (Å²) >= 11 is 0. The highest BCUT2D eigenvalue weighted by atomic mass is 16.5. The van der Waals surface area contributed by atoms with E-state index in [1.165, 1.54) is 0 Å². The molecule has 1 aromatic carbocycles. The fourth-order valence-corrected chi connectivity index (χ4v) is 1.90. The van der Waals surface area contributed by atoms with Crippen LogP contribution in [0.1, 0.15) is 26.0 Å². The molecule has 20 heavy (non-hydrogen) atoms. The molecule has 1 atom stereocenters. The van der Waals surface area contributed by atoms with Gasteiger partial charge >= 0.3 is 0 Å². The number of carbonyl (C=O) groups is 1. The van der Waals surface area contributed by atoms with Gasteiger partial charge < -0.3 is 10.1 Å². The number of aryl methyl sites for hydroxylation is 1. The van der Waals surface area contributed by atoms with E-state index < -0.39 is 0 Å². The zero-order valence-corrected chi connectivity index (χ0v) is 12.1. The molecule has 0 saturated carbocycles. The Morgan fingerprint density at radius 1 is 1.35 bits per heavy atom. The van der Waals surface area contributed by atoms with Crippen LogP contribution in [0.15, 0.2) is 30.3 Å². The summed E-state index contributed by atoms with van der Waals surface area (Å²) in [5, 5.41) is 3.88. The van der Waals surface area contributed by atoms with Gasteiger partial charge in [-0.15, -0.1) is 0 Å². The summed E-state index contributed by atoms with van der Waals surface area (Å²) in [5.41, 5.74) is 1.72. The lowest BCUT2D eigenvalue weighted by molar-refractivity contribution is -0.123. The van der Waals surface area contributed by atoms with Gasteiger partial charge in [0.2, 0.25) is 0 Å². The zero-order valence-electron chi connectivity index (χ0n) is 12.1. The van der Waals surface area contributed by atoms with E-state index in [9.17, 15) is 4.79 Å². The number of hydrogen-bond acceptors (Lipinski definition) is 3. The third-order valence-electron chi connectivity index (χ3n) is 3.20. The molecule has 0 spiro atoms. The Morgan fingerprint density at radius 2 is 2.15 bits per heavy atom. The number of benzene rings is 1. The van der Waals surface area contributed by atoms with Crippen LogP contribution in [0.4, 0.5) is 0 Å². The smallest absolute Gasteiger partial charge is 0.258 e. The number of nitrogens with zero attached hydrogens (tertiary/aromatic N) is 1. The minimum Gasteiger partial charge on any atom is -0.481 e. The summed E-state index contributed by atoms with van der Waals surface area (Å²) in [6.07, 6.45) is 0.904. The molecule has 0 radical (unpaired) electrons. The van der Waals surface area contributed by atoms with E-state index in [0.717, 1.165) is 23.0 Å². The maximum Gasteiger partial charge on any atom is 0.258 e. The number of aromatic nitrogens is 1. The van der Waals surface area contributed by atoms with Gasteiger partial charge in [0.05, 0.1) is 0 Å². The van der Waals surface area contributed by atoms with Gasteiger partial charge in [-0.1, -0.05) is 25.1 Å². The molecule has 0 saturated heterocycles. The van der Waals surface area contributed by atoms with E-state index in [1.807, 2.05) is 51.1 Å². The van der Waals surface area contributed by atoms with Crippen molar-refractivity contribution < 1.29 is 9.53 Å². The quantitative estimate of drug-likeness (QED) is 0.910. The van der Waals surface area contributed by atoms with Gasteiger partial charge in [0.25, 0.3) is 5.91 Å². The van der Waals surface area contributed by atoms with Gasteiger partial charge in [-0.2, -0.15) is 0 Å². The van der Waals surface area contributed by atoms with Crippen molar-refractivity contribution in [3.8, 4) is 5.75 Å². The maximum absolute atomic E-state index is 11.7. The first-order chi connectivity index (χ1) is 9.60. The first-order valence-corrected chi connectivity index (χ1v) is 6.88. The summed E-state index contributed by atoms with van der Waals surface area (Å²) in [4.78, 5) is 16.2. The van der Waals surface area contributed by atoms with Crippen LogP contribution in [0, 0.1) is 6.92 Å². The highest BCUT2D eigenvalue weighted by molar-refractivity contribution is 5.85. The lowest BCUT2D eigenvalue weighted by atomic mass is 10.2. The number of para-hydroxylation sites is 1. The molecule has 1 heterocycles. The summed E-state index contributed by atoms with van der Waals surface area (Å²) < 4.78 is 5.61. The fourth-order valence-electron chi connectivity index (χ4n) is 1.90. The molecule has 106 valence electrons. The van der Waals surface area contributed by atoms with Gasteiger partial charge in [-0.25, -0.2) is 4.98 Å². The third-order valence-corrected chi connectivity index (χ3v) is 3.20. The Bertz CT molecular complexity index is 610. The Kier molecular flexibility index (Phi) is 4.56. The molecule has 0 aliphatic carbocycles. The molecule has 1 amide bonds. The van der Waals surface area contributed by atoms with Crippen molar-refractivity contribution in [2.24, 2.45) is 0 Å². The van der Waals surface area contributed by atoms with Crippen LogP contribution in [0.3, 0.4) is 0 Å². The highest BCUT2D eigenvalue weighted by Crippen LogP contribution is 2.23. The fraction of sp³-hybridized carbons (Fsp3) is 0.375. The van der Waals surface area contributed by atoms with E-state index in [4.69, 9.17) is 4.74 Å². The van der Waals surface area contributed by atoms with Crippen LogP contribution in [-0.4, -0.2) is 23.5 Å². The van der Waals surface area contributed by atoms with Crippen LogP contribution in [-0.2, 0) is 4.79 Å². The average Bonchev–Trinajstić information content (AvgIpc) is 2.44. The van der Waals surface area contributed by atoms with Gasteiger partial charge in [-0.05, 0) is 32.4 Å². The second kappa shape index (κ2) is 6.37. The Morgan fingerprint density at radius 3 is 2.90 bits per heavy atom. The Labute approximate surface area is 119 Å². The molecule has 4 heteroatoms. The van der Waals surface area contributed by atoms with Crippen molar-refractivity contribution in [2.75, 3.05) is 6.61 Å². The lowest BCUT2D eigenvalue weighted by Crippen LogP contribution is -2.35. The predicted molar refractivity (Wildman–Crippen MR) is 79.9 cm³/mol. The van der Waals surface area contributed by atoms with Gasteiger partial charge in [-0.3, -0.25) is 4.79 Å². The predicted octanol–water partition coefficient (Wildman–Crippen LogP) is 2.84. The van der Waals surface area contributed by atoms with Crippen molar-refractivity contribution in [3.63, 3.8) is 0 Å². The molecule has 0 unspecified atom stereocenters. The second-order valence-corrected chi connectivity index (χ2v) is 4.95. The van der Waals surface area contributed by atoms with Gasteiger partial charge in [0.15, 0.2) is 6.61 Å². The summed E-state index contributed by atoms with van der Waals surface area (Å²) in [6, 6.07) is 9.85. The molecular weight excluding hydrogens is 252 g/mol. The van der Waals surface area contributed by atoms with Crippen LogP contribution < -0.4 is 10.1 Å². The molecule has 1 aromatic heterocycles. The summed E-state index contributed by atoms with van der Waals surface area (Å²) in [7, 11) is 0. The number of rotatable bonds is 5. The van der Waals surface area contributed by atoms with Gasteiger partial charge in [0, 0.05) is 17.1 Å². The van der Waals surface area contributed by atoms with Crippen LogP contribution in [0.25, 0.3) is 10.9 Å². The van der Waals surface area contributed by atoms with E-state index in [-0.39, 0.29) is 18.6 Å². The zero-order chi connectivity index (χ0) is 14.5. The number of hydrogen-bond donors (Lipinski definition) is 1. The first-order valence-electron chi connectivity index (χ1n) is 6.88. The Hall–Kier alpha value is -2.10. The minimum atomic E-state index is -0.107. The lowest BCUT2D eigenvalue weighted by Gasteiger charge is -2.13. The SMILES string of the molecule is CC[C@H](C)NC(=O)COc1cccc2ccc(C)nc12. The average molecular weight is 272 g/mol. The monoisotopic (exact) mass is 272 g/mol. The van der Waals surface area contributed by atoms with Crippen LogP contribution >= 0.6 is 0 Å². The molecular formula is C16H20N2O2. The minimum absolute atomic E-state index is 0.0130. The first kappa shape index (κ1) is 14.3. The number of amides is 1. The van der Waals surface area contributed by atoms with Crippen LogP contribution in [0.2, 0.25) is 0 Å². The van der Waals surface area contributed by atoms with Crippen molar-refractivity contribution in [3.05, 3.63) is 36.0 Å².